The first kappa shape index (κ1) is 15.3. The van der Waals surface area contributed by atoms with Gasteiger partial charge in [-0.3, -0.25) is 4.90 Å². The summed E-state index contributed by atoms with van der Waals surface area (Å²) in [5, 5.41) is 3.63. The van der Waals surface area contributed by atoms with Crippen molar-refractivity contribution in [3.05, 3.63) is 0 Å². The third-order valence-electron chi connectivity index (χ3n) is 4.66. The highest BCUT2D eigenvalue weighted by atomic mass is 32.2. The van der Waals surface area contributed by atoms with Crippen LogP contribution in [0.25, 0.3) is 0 Å². The SMILES string of the molecule is CC1CNC(C(C)(C)C)CN1C1CCS(=O)(=O)CC1. The Kier molecular flexibility index (Phi) is 4.29. The summed E-state index contributed by atoms with van der Waals surface area (Å²) < 4.78 is 23.1. The number of sulfone groups is 1. The smallest absolute Gasteiger partial charge is 0.150 e. The molecule has 0 bridgehead atoms. The van der Waals surface area contributed by atoms with Crippen LogP contribution in [-0.2, 0) is 9.84 Å². The maximum Gasteiger partial charge on any atom is 0.150 e. The second-order valence-corrected chi connectivity index (χ2v) is 9.56. The van der Waals surface area contributed by atoms with Crippen molar-refractivity contribution in [2.75, 3.05) is 24.6 Å². The summed E-state index contributed by atoms with van der Waals surface area (Å²) >= 11 is 0. The molecule has 0 saturated carbocycles. The van der Waals surface area contributed by atoms with Crippen molar-refractivity contribution >= 4 is 9.84 Å². The normalized spacial score (nSPS) is 34.3. The van der Waals surface area contributed by atoms with E-state index in [2.05, 4.69) is 37.9 Å². The van der Waals surface area contributed by atoms with Crippen molar-refractivity contribution < 1.29 is 8.42 Å². The van der Waals surface area contributed by atoms with Crippen molar-refractivity contribution in [3.63, 3.8) is 0 Å². The van der Waals surface area contributed by atoms with Crippen molar-refractivity contribution in [2.24, 2.45) is 5.41 Å². The van der Waals surface area contributed by atoms with Gasteiger partial charge in [0, 0.05) is 31.2 Å². The molecule has 2 saturated heterocycles. The predicted octanol–water partition coefficient (Wildman–Crippen LogP) is 1.27. The first-order chi connectivity index (χ1) is 8.69. The van der Waals surface area contributed by atoms with Crippen LogP contribution in [-0.4, -0.2) is 56.0 Å². The van der Waals surface area contributed by atoms with Crippen molar-refractivity contribution in [3.8, 4) is 0 Å². The highest BCUT2D eigenvalue weighted by Crippen LogP contribution is 2.27. The molecule has 2 heterocycles. The minimum atomic E-state index is -2.76. The third kappa shape index (κ3) is 3.70. The molecule has 5 heteroatoms. The van der Waals surface area contributed by atoms with E-state index in [-0.39, 0.29) is 5.41 Å². The van der Waals surface area contributed by atoms with Gasteiger partial charge >= 0.3 is 0 Å². The van der Waals surface area contributed by atoms with Crippen molar-refractivity contribution in [2.45, 2.75) is 58.7 Å². The fourth-order valence-electron chi connectivity index (χ4n) is 3.18. The van der Waals surface area contributed by atoms with Crippen LogP contribution in [0, 0.1) is 5.41 Å². The van der Waals surface area contributed by atoms with Crippen LogP contribution in [0.1, 0.15) is 40.5 Å². The number of hydrogen-bond donors (Lipinski definition) is 1. The Balaban J connectivity index is 2.02. The minimum Gasteiger partial charge on any atom is -0.311 e. The van der Waals surface area contributed by atoms with Gasteiger partial charge in [-0.2, -0.15) is 0 Å². The average Bonchev–Trinajstić information content (AvgIpc) is 2.29. The van der Waals surface area contributed by atoms with Gasteiger partial charge in [-0.1, -0.05) is 20.8 Å². The lowest BCUT2D eigenvalue weighted by Gasteiger charge is -2.48. The second-order valence-electron chi connectivity index (χ2n) is 7.26. The van der Waals surface area contributed by atoms with E-state index in [0.717, 1.165) is 25.9 Å². The first-order valence-corrected chi connectivity index (χ1v) is 9.21. The Morgan fingerprint density at radius 2 is 1.74 bits per heavy atom. The van der Waals surface area contributed by atoms with E-state index in [1.807, 2.05) is 0 Å². The summed E-state index contributed by atoms with van der Waals surface area (Å²) in [6.07, 6.45) is 1.62. The van der Waals surface area contributed by atoms with E-state index in [0.29, 0.717) is 29.6 Å². The molecule has 2 atom stereocenters. The van der Waals surface area contributed by atoms with E-state index in [4.69, 9.17) is 0 Å². The number of nitrogens with zero attached hydrogens (tertiary/aromatic N) is 1. The lowest BCUT2D eigenvalue weighted by molar-refractivity contribution is 0.0530. The third-order valence-corrected chi connectivity index (χ3v) is 6.37. The molecule has 112 valence electrons. The van der Waals surface area contributed by atoms with Gasteiger partial charge in [-0.25, -0.2) is 8.42 Å². The molecule has 1 N–H and O–H groups in total. The number of hydrogen-bond acceptors (Lipinski definition) is 4. The van der Waals surface area contributed by atoms with Crippen LogP contribution in [0.5, 0.6) is 0 Å². The molecule has 2 unspecified atom stereocenters. The van der Waals surface area contributed by atoms with Crippen LogP contribution in [0.4, 0.5) is 0 Å². The Bertz CT molecular complexity index is 400. The average molecular weight is 288 g/mol. The lowest BCUT2D eigenvalue weighted by atomic mass is 9.84. The zero-order chi connectivity index (χ0) is 14.3. The van der Waals surface area contributed by atoms with Gasteiger partial charge < -0.3 is 5.32 Å². The van der Waals surface area contributed by atoms with E-state index in [9.17, 15) is 8.42 Å². The molecule has 0 aromatic carbocycles. The molecule has 2 aliphatic heterocycles. The molecular weight excluding hydrogens is 260 g/mol. The molecule has 0 aromatic heterocycles. The summed E-state index contributed by atoms with van der Waals surface area (Å²) in [5.74, 6) is 0.739. The lowest BCUT2D eigenvalue weighted by Crippen LogP contribution is -2.62. The summed E-state index contributed by atoms with van der Waals surface area (Å²) in [6.45, 7) is 11.1. The number of piperazine rings is 1. The standard InChI is InChI=1S/C14H28N2O2S/c1-11-9-15-13(14(2,3)4)10-16(11)12-5-7-19(17,18)8-6-12/h11-13,15H,5-10H2,1-4H3. The molecule has 0 spiro atoms. The molecule has 4 nitrogen and oxygen atoms in total. The first-order valence-electron chi connectivity index (χ1n) is 7.38. The maximum absolute atomic E-state index is 11.6. The quantitative estimate of drug-likeness (QED) is 0.789. The largest absolute Gasteiger partial charge is 0.311 e. The van der Waals surface area contributed by atoms with Gasteiger partial charge in [0.15, 0.2) is 0 Å². The van der Waals surface area contributed by atoms with Crippen LogP contribution in [0.15, 0.2) is 0 Å². The van der Waals surface area contributed by atoms with E-state index >= 15 is 0 Å². The Hall–Kier alpha value is -0.130. The second kappa shape index (κ2) is 5.34. The molecule has 2 rings (SSSR count). The van der Waals surface area contributed by atoms with Crippen molar-refractivity contribution in [1.82, 2.24) is 10.2 Å². The number of rotatable bonds is 1. The van der Waals surface area contributed by atoms with Gasteiger partial charge in [0.25, 0.3) is 0 Å². The van der Waals surface area contributed by atoms with Crippen LogP contribution in [0.3, 0.4) is 0 Å². The molecule has 0 aromatic rings. The summed E-state index contributed by atoms with van der Waals surface area (Å²) in [6, 6.07) is 1.44. The Labute approximate surface area is 117 Å². The highest BCUT2D eigenvalue weighted by molar-refractivity contribution is 7.91. The molecular formula is C14H28N2O2S. The van der Waals surface area contributed by atoms with Crippen LogP contribution in [0.2, 0.25) is 0 Å². The highest BCUT2D eigenvalue weighted by Gasteiger charge is 2.37. The van der Waals surface area contributed by atoms with Gasteiger partial charge in [0.05, 0.1) is 11.5 Å². The van der Waals surface area contributed by atoms with Crippen LogP contribution < -0.4 is 5.32 Å². The molecule has 0 amide bonds. The molecule has 2 fully saturated rings. The molecule has 0 radical (unpaired) electrons. The van der Waals surface area contributed by atoms with E-state index < -0.39 is 9.84 Å². The van der Waals surface area contributed by atoms with Crippen LogP contribution >= 0.6 is 0 Å². The fraction of sp³-hybridized carbons (Fsp3) is 1.00. The zero-order valence-electron chi connectivity index (χ0n) is 12.6. The summed E-state index contributed by atoms with van der Waals surface area (Å²) in [4.78, 5) is 2.54. The Morgan fingerprint density at radius 1 is 1.16 bits per heavy atom. The Morgan fingerprint density at radius 3 is 2.26 bits per heavy atom. The van der Waals surface area contributed by atoms with E-state index in [1.54, 1.807) is 0 Å². The maximum atomic E-state index is 11.6. The summed E-state index contributed by atoms with van der Waals surface area (Å²) in [7, 11) is -2.76. The fourth-order valence-corrected chi connectivity index (χ4v) is 4.65. The monoisotopic (exact) mass is 288 g/mol. The topological polar surface area (TPSA) is 49.4 Å². The van der Waals surface area contributed by atoms with Gasteiger partial charge in [-0.15, -0.1) is 0 Å². The summed E-state index contributed by atoms with van der Waals surface area (Å²) in [5.41, 5.74) is 0.249. The zero-order valence-corrected chi connectivity index (χ0v) is 13.5. The molecule has 19 heavy (non-hydrogen) atoms. The minimum absolute atomic E-state index is 0.249. The van der Waals surface area contributed by atoms with Gasteiger partial charge in [0.2, 0.25) is 0 Å². The van der Waals surface area contributed by atoms with Gasteiger partial charge in [0.1, 0.15) is 9.84 Å². The van der Waals surface area contributed by atoms with Crippen molar-refractivity contribution in [1.29, 1.82) is 0 Å². The van der Waals surface area contributed by atoms with E-state index in [1.165, 1.54) is 0 Å². The predicted molar refractivity (Wildman–Crippen MR) is 79.1 cm³/mol. The van der Waals surface area contributed by atoms with Gasteiger partial charge in [-0.05, 0) is 25.2 Å². The molecule has 2 aliphatic rings. The molecule has 0 aliphatic carbocycles. The number of nitrogens with one attached hydrogen (secondary N) is 1.